The van der Waals surface area contributed by atoms with Crippen LogP contribution < -0.4 is 0 Å². The van der Waals surface area contributed by atoms with E-state index in [1.807, 2.05) is 6.92 Å². The Balaban J connectivity index is 1.79. The van der Waals surface area contributed by atoms with Crippen molar-refractivity contribution in [2.75, 3.05) is 19.8 Å². The molecule has 3 rings (SSSR count). The Morgan fingerprint density at radius 1 is 1.42 bits per heavy atom. The maximum Gasteiger partial charge on any atom is 0.230 e. The second-order valence-electron chi connectivity index (χ2n) is 4.82. The highest BCUT2D eigenvalue weighted by atomic mass is 16.5. The van der Waals surface area contributed by atoms with E-state index >= 15 is 0 Å². The van der Waals surface area contributed by atoms with E-state index in [1.54, 1.807) is 0 Å². The molecule has 0 N–H and O–H groups in total. The predicted molar refractivity (Wildman–Crippen MR) is 68.4 cm³/mol. The van der Waals surface area contributed by atoms with Gasteiger partial charge in [0.1, 0.15) is 0 Å². The Bertz CT molecular complexity index is 548. The molecule has 0 spiro atoms. The first-order valence-corrected chi connectivity index (χ1v) is 6.46. The standard InChI is InChI=1S/C13H18N4O2/c1-10-14-15-13(19-10)8-17-6-7-18-9-12(17)11-4-3-5-16(11)2/h3-5,12H,6-9H2,1-2H3/t12-/m1/s1. The molecule has 0 radical (unpaired) electrons. The summed E-state index contributed by atoms with van der Waals surface area (Å²) in [6, 6.07) is 4.42. The molecule has 0 bridgehead atoms. The average Bonchev–Trinajstić information content (AvgIpc) is 2.99. The quantitative estimate of drug-likeness (QED) is 0.834. The Morgan fingerprint density at radius 2 is 2.32 bits per heavy atom. The molecule has 0 unspecified atom stereocenters. The number of rotatable bonds is 3. The molecule has 0 saturated carbocycles. The summed E-state index contributed by atoms with van der Waals surface area (Å²) in [5.41, 5.74) is 1.25. The van der Waals surface area contributed by atoms with Crippen molar-refractivity contribution < 1.29 is 9.15 Å². The van der Waals surface area contributed by atoms with Gasteiger partial charge in [-0.15, -0.1) is 10.2 Å². The van der Waals surface area contributed by atoms with Crippen molar-refractivity contribution in [2.24, 2.45) is 7.05 Å². The SMILES string of the molecule is Cc1nnc(CN2CCOC[C@@H]2c2cccn2C)o1. The third kappa shape index (κ3) is 2.54. The highest BCUT2D eigenvalue weighted by molar-refractivity contribution is 5.12. The predicted octanol–water partition coefficient (Wildman–Crippen LogP) is 1.29. The van der Waals surface area contributed by atoms with E-state index in [0.29, 0.717) is 24.9 Å². The first-order valence-electron chi connectivity index (χ1n) is 6.46. The van der Waals surface area contributed by atoms with Crippen molar-refractivity contribution in [1.82, 2.24) is 19.7 Å². The van der Waals surface area contributed by atoms with Crippen molar-refractivity contribution in [1.29, 1.82) is 0 Å². The monoisotopic (exact) mass is 262 g/mol. The number of nitrogens with zero attached hydrogens (tertiary/aromatic N) is 4. The molecule has 0 aromatic carbocycles. The van der Waals surface area contributed by atoms with Crippen molar-refractivity contribution >= 4 is 0 Å². The van der Waals surface area contributed by atoms with Gasteiger partial charge in [-0.1, -0.05) is 0 Å². The molecular weight excluding hydrogens is 244 g/mol. The van der Waals surface area contributed by atoms with Crippen LogP contribution >= 0.6 is 0 Å². The zero-order valence-corrected chi connectivity index (χ0v) is 11.2. The zero-order chi connectivity index (χ0) is 13.2. The van der Waals surface area contributed by atoms with Gasteiger partial charge in [-0.3, -0.25) is 4.90 Å². The second-order valence-corrected chi connectivity index (χ2v) is 4.82. The Hall–Kier alpha value is -1.66. The van der Waals surface area contributed by atoms with Gasteiger partial charge in [0, 0.05) is 32.4 Å². The number of aromatic nitrogens is 3. The molecule has 2 aromatic heterocycles. The lowest BCUT2D eigenvalue weighted by molar-refractivity contribution is -0.0187. The van der Waals surface area contributed by atoms with Crippen molar-refractivity contribution in [3.8, 4) is 0 Å². The van der Waals surface area contributed by atoms with Crippen LogP contribution in [0.5, 0.6) is 0 Å². The number of aryl methyl sites for hydroxylation is 2. The Kier molecular flexibility index (Phi) is 3.35. The summed E-state index contributed by atoms with van der Waals surface area (Å²) in [5, 5.41) is 7.95. The van der Waals surface area contributed by atoms with Gasteiger partial charge < -0.3 is 13.7 Å². The van der Waals surface area contributed by atoms with Crippen LogP contribution in [0.2, 0.25) is 0 Å². The first-order chi connectivity index (χ1) is 9.24. The summed E-state index contributed by atoms with van der Waals surface area (Å²) in [4.78, 5) is 2.33. The van der Waals surface area contributed by atoms with E-state index in [9.17, 15) is 0 Å². The van der Waals surface area contributed by atoms with Gasteiger partial charge in [0.05, 0.1) is 25.8 Å². The lowest BCUT2D eigenvalue weighted by atomic mass is 10.1. The lowest BCUT2D eigenvalue weighted by Crippen LogP contribution is -2.39. The largest absolute Gasteiger partial charge is 0.424 e. The van der Waals surface area contributed by atoms with Crippen molar-refractivity contribution in [2.45, 2.75) is 19.5 Å². The van der Waals surface area contributed by atoms with Crippen molar-refractivity contribution in [3.63, 3.8) is 0 Å². The minimum absolute atomic E-state index is 0.237. The minimum Gasteiger partial charge on any atom is -0.424 e. The summed E-state index contributed by atoms with van der Waals surface area (Å²) in [6.45, 7) is 4.79. The molecular formula is C13H18N4O2. The smallest absolute Gasteiger partial charge is 0.230 e. The van der Waals surface area contributed by atoms with E-state index in [1.165, 1.54) is 5.69 Å². The molecule has 1 saturated heterocycles. The van der Waals surface area contributed by atoms with E-state index in [-0.39, 0.29) is 6.04 Å². The number of ether oxygens (including phenoxy) is 1. The zero-order valence-electron chi connectivity index (χ0n) is 11.2. The first kappa shape index (κ1) is 12.4. The fourth-order valence-electron chi connectivity index (χ4n) is 2.50. The second kappa shape index (κ2) is 5.14. The summed E-state index contributed by atoms with van der Waals surface area (Å²) in [5.74, 6) is 1.28. The molecule has 2 aromatic rings. The number of hydrogen-bond acceptors (Lipinski definition) is 5. The fraction of sp³-hybridized carbons (Fsp3) is 0.538. The maximum atomic E-state index is 5.61. The normalized spacial score (nSPS) is 20.8. The lowest BCUT2D eigenvalue weighted by Gasteiger charge is -2.34. The molecule has 102 valence electrons. The summed E-state index contributed by atoms with van der Waals surface area (Å²) in [7, 11) is 2.05. The van der Waals surface area contributed by atoms with Crippen LogP contribution in [0.1, 0.15) is 23.5 Å². The van der Waals surface area contributed by atoms with Gasteiger partial charge in [-0.25, -0.2) is 0 Å². The van der Waals surface area contributed by atoms with Gasteiger partial charge >= 0.3 is 0 Å². The van der Waals surface area contributed by atoms with Crippen LogP contribution in [0.15, 0.2) is 22.7 Å². The maximum absolute atomic E-state index is 5.61. The summed E-state index contributed by atoms with van der Waals surface area (Å²) in [6.07, 6.45) is 2.05. The van der Waals surface area contributed by atoms with E-state index < -0.39 is 0 Å². The van der Waals surface area contributed by atoms with Gasteiger partial charge in [-0.05, 0) is 12.1 Å². The average molecular weight is 262 g/mol. The van der Waals surface area contributed by atoms with E-state index in [0.717, 1.165) is 13.2 Å². The summed E-state index contributed by atoms with van der Waals surface area (Å²) >= 11 is 0. The van der Waals surface area contributed by atoms with Crippen LogP contribution in [0, 0.1) is 6.92 Å². The molecule has 19 heavy (non-hydrogen) atoms. The van der Waals surface area contributed by atoms with Gasteiger partial charge in [0.2, 0.25) is 11.8 Å². The fourth-order valence-corrected chi connectivity index (χ4v) is 2.50. The molecule has 1 atom stereocenters. The van der Waals surface area contributed by atoms with Gasteiger partial charge in [0.15, 0.2) is 0 Å². The van der Waals surface area contributed by atoms with Crippen molar-refractivity contribution in [3.05, 3.63) is 35.8 Å². The van der Waals surface area contributed by atoms with E-state index in [2.05, 4.69) is 45.0 Å². The highest BCUT2D eigenvalue weighted by Crippen LogP contribution is 2.25. The van der Waals surface area contributed by atoms with Crippen LogP contribution in [0.3, 0.4) is 0 Å². The number of morpholine rings is 1. The Morgan fingerprint density at radius 3 is 3.00 bits per heavy atom. The third-order valence-electron chi connectivity index (χ3n) is 3.47. The minimum atomic E-state index is 0.237. The third-order valence-corrected chi connectivity index (χ3v) is 3.47. The molecule has 6 heteroatoms. The summed E-state index contributed by atoms with van der Waals surface area (Å²) < 4.78 is 13.2. The Labute approximate surface area is 112 Å². The topological polar surface area (TPSA) is 56.3 Å². The van der Waals surface area contributed by atoms with Crippen LogP contribution in [0.4, 0.5) is 0 Å². The van der Waals surface area contributed by atoms with Crippen LogP contribution in [-0.2, 0) is 18.3 Å². The molecule has 6 nitrogen and oxygen atoms in total. The molecule has 1 aliphatic rings. The molecule has 1 fully saturated rings. The van der Waals surface area contributed by atoms with Crippen LogP contribution in [0.25, 0.3) is 0 Å². The number of hydrogen-bond donors (Lipinski definition) is 0. The van der Waals surface area contributed by atoms with Crippen LogP contribution in [-0.4, -0.2) is 39.4 Å². The van der Waals surface area contributed by atoms with Gasteiger partial charge in [-0.2, -0.15) is 0 Å². The molecule has 0 aliphatic carbocycles. The van der Waals surface area contributed by atoms with Gasteiger partial charge in [0.25, 0.3) is 0 Å². The molecule has 3 heterocycles. The van der Waals surface area contributed by atoms with E-state index in [4.69, 9.17) is 9.15 Å². The molecule has 1 aliphatic heterocycles. The molecule has 0 amide bonds. The highest BCUT2D eigenvalue weighted by Gasteiger charge is 2.27.